The summed E-state index contributed by atoms with van der Waals surface area (Å²) in [7, 11) is 0. The number of aryl methyl sites for hydroxylation is 1. The van der Waals surface area contributed by atoms with Crippen LogP contribution in [0, 0.1) is 6.92 Å². The minimum atomic E-state index is -0.136. The number of ether oxygens (including phenoxy) is 1. The zero-order valence-electron chi connectivity index (χ0n) is 18.1. The van der Waals surface area contributed by atoms with Crippen LogP contribution in [-0.2, 0) is 0 Å². The molecule has 6 heteroatoms. The molecule has 0 spiro atoms. The Labute approximate surface area is 181 Å². The number of hydrogen-bond acceptors (Lipinski definition) is 4. The fourth-order valence-electron chi connectivity index (χ4n) is 4.53. The summed E-state index contributed by atoms with van der Waals surface area (Å²) in [5, 5.41) is 4.66. The zero-order valence-corrected chi connectivity index (χ0v) is 18.1. The molecule has 1 aromatic carbocycles. The number of pyridine rings is 2. The van der Waals surface area contributed by atoms with E-state index in [9.17, 15) is 4.79 Å². The highest BCUT2D eigenvalue weighted by atomic mass is 16.5. The summed E-state index contributed by atoms with van der Waals surface area (Å²) in [6, 6.07) is 12.1. The van der Waals surface area contributed by atoms with E-state index in [0.29, 0.717) is 23.9 Å². The van der Waals surface area contributed by atoms with Crippen molar-refractivity contribution >= 4 is 22.4 Å². The van der Waals surface area contributed by atoms with Crippen LogP contribution in [0.25, 0.3) is 27.8 Å². The van der Waals surface area contributed by atoms with Crippen molar-refractivity contribution in [1.82, 2.24) is 14.4 Å². The van der Waals surface area contributed by atoms with Gasteiger partial charge in [0.15, 0.2) is 0 Å². The number of rotatable bonds is 5. The van der Waals surface area contributed by atoms with Crippen molar-refractivity contribution < 1.29 is 4.74 Å². The summed E-state index contributed by atoms with van der Waals surface area (Å²) in [6.45, 7) is 4.63. The molecule has 1 aliphatic rings. The van der Waals surface area contributed by atoms with Crippen molar-refractivity contribution in [1.29, 1.82) is 0 Å². The number of aromatic amines is 1. The third-order valence-corrected chi connectivity index (χ3v) is 6.09. The highest BCUT2D eigenvalue weighted by Crippen LogP contribution is 2.32. The number of imidazole rings is 1. The Morgan fingerprint density at radius 3 is 2.81 bits per heavy atom. The lowest BCUT2D eigenvalue weighted by atomic mass is 9.95. The lowest BCUT2D eigenvalue weighted by Crippen LogP contribution is -2.23. The van der Waals surface area contributed by atoms with E-state index < -0.39 is 0 Å². The van der Waals surface area contributed by atoms with E-state index in [-0.39, 0.29) is 5.56 Å². The van der Waals surface area contributed by atoms with Crippen molar-refractivity contribution in [2.24, 2.45) is 0 Å². The van der Waals surface area contributed by atoms with Gasteiger partial charge in [0.05, 0.1) is 12.2 Å². The molecule has 6 nitrogen and oxygen atoms in total. The quantitative estimate of drug-likeness (QED) is 0.463. The third kappa shape index (κ3) is 3.78. The lowest BCUT2D eigenvalue weighted by molar-refractivity contribution is 0.340. The zero-order chi connectivity index (χ0) is 21.4. The standard InChI is InChI=1S/C25H28N4O2/c1-3-31-19-10-11-21-17(13-19)14-20(25(30)27-21)23-24(26-18-7-5-4-6-8-18)29-15-16(2)9-12-22(29)28-23/h9-15,18,26H,3-8H2,1-2H3,(H,27,30). The third-order valence-electron chi connectivity index (χ3n) is 6.09. The second-order valence-electron chi connectivity index (χ2n) is 8.42. The summed E-state index contributed by atoms with van der Waals surface area (Å²) in [4.78, 5) is 21.0. The average molecular weight is 417 g/mol. The van der Waals surface area contributed by atoms with E-state index in [4.69, 9.17) is 9.72 Å². The Morgan fingerprint density at radius 2 is 2.00 bits per heavy atom. The number of nitrogens with zero attached hydrogens (tertiary/aromatic N) is 2. The number of fused-ring (bicyclic) bond motifs is 2. The molecule has 160 valence electrons. The van der Waals surface area contributed by atoms with Crippen LogP contribution in [0.15, 0.2) is 47.4 Å². The molecule has 1 saturated carbocycles. The second-order valence-corrected chi connectivity index (χ2v) is 8.42. The van der Waals surface area contributed by atoms with E-state index in [1.807, 2.05) is 37.3 Å². The predicted molar refractivity (Wildman–Crippen MR) is 125 cm³/mol. The first-order chi connectivity index (χ1) is 15.1. The molecule has 31 heavy (non-hydrogen) atoms. The summed E-state index contributed by atoms with van der Waals surface area (Å²) in [5.74, 6) is 1.69. The molecular weight excluding hydrogens is 388 g/mol. The van der Waals surface area contributed by atoms with Crippen LogP contribution in [-0.4, -0.2) is 27.0 Å². The molecule has 0 unspecified atom stereocenters. The van der Waals surface area contributed by atoms with Gasteiger partial charge < -0.3 is 15.0 Å². The summed E-state index contributed by atoms with van der Waals surface area (Å²) >= 11 is 0. The van der Waals surface area contributed by atoms with Crippen LogP contribution >= 0.6 is 0 Å². The number of benzene rings is 1. The van der Waals surface area contributed by atoms with E-state index in [2.05, 4.69) is 33.9 Å². The van der Waals surface area contributed by atoms with E-state index in [0.717, 1.165) is 46.5 Å². The Kier molecular flexibility index (Phi) is 5.14. The van der Waals surface area contributed by atoms with Gasteiger partial charge in [0.25, 0.3) is 5.56 Å². The van der Waals surface area contributed by atoms with Crippen molar-refractivity contribution in [3.63, 3.8) is 0 Å². The fraction of sp³-hybridized carbons (Fsp3) is 0.360. The molecule has 0 aliphatic heterocycles. The first kappa shape index (κ1) is 19.7. The first-order valence-electron chi connectivity index (χ1n) is 11.2. The van der Waals surface area contributed by atoms with Gasteiger partial charge in [-0.3, -0.25) is 9.20 Å². The number of nitrogens with one attached hydrogen (secondary N) is 2. The molecule has 0 radical (unpaired) electrons. The van der Waals surface area contributed by atoms with Crippen molar-refractivity contribution in [2.45, 2.75) is 52.0 Å². The maximum absolute atomic E-state index is 13.1. The molecule has 0 atom stereocenters. The highest BCUT2D eigenvalue weighted by molar-refractivity contribution is 5.87. The average Bonchev–Trinajstić information content (AvgIpc) is 3.12. The first-order valence-corrected chi connectivity index (χ1v) is 11.2. The second kappa shape index (κ2) is 8.10. The van der Waals surface area contributed by atoms with Crippen molar-refractivity contribution in [2.75, 3.05) is 11.9 Å². The lowest BCUT2D eigenvalue weighted by Gasteiger charge is -2.24. The predicted octanol–water partition coefficient (Wildman–Crippen LogP) is 5.29. The topological polar surface area (TPSA) is 71.4 Å². The molecular formula is C25H28N4O2. The molecule has 1 aliphatic carbocycles. The normalized spacial score (nSPS) is 14.9. The van der Waals surface area contributed by atoms with Crippen LogP contribution in [0.1, 0.15) is 44.6 Å². The Morgan fingerprint density at radius 1 is 1.16 bits per heavy atom. The number of anilines is 1. The SMILES string of the molecule is CCOc1ccc2[nH]c(=O)c(-c3nc4ccc(C)cn4c3NC3CCCCC3)cc2c1. The summed E-state index contributed by atoms with van der Waals surface area (Å²) in [5.41, 5.74) is 3.91. The highest BCUT2D eigenvalue weighted by Gasteiger charge is 2.21. The Bertz CT molecular complexity index is 1300. The van der Waals surface area contributed by atoms with Crippen molar-refractivity contribution in [3.05, 3.63) is 58.5 Å². The van der Waals surface area contributed by atoms with Gasteiger partial charge in [-0.1, -0.05) is 25.3 Å². The van der Waals surface area contributed by atoms with Crippen molar-refractivity contribution in [3.8, 4) is 17.0 Å². The molecule has 1 fully saturated rings. The van der Waals surface area contributed by atoms with E-state index >= 15 is 0 Å². The van der Waals surface area contributed by atoms with E-state index in [1.165, 1.54) is 19.3 Å². The monoisotopic (exact) mass is 416 g/mol. The van der Waals surface area contributed by atoms with Gasteiger partial charge in [-0.25, -0.2) is 4.98 Å². The van der Waals surface area contributed by atoms with Crippen LogP contribution in [0.2, 0.25) is 0 Å². The maximum atomic E-state index is 13.1. The van der Waals surface area contributed by atoms with Gasteiger partial charge >= 0.3 is 0 Å². The van der Waals surface area contributed by atoms with Crippen LogP contribution in [0.3, 0.4) is 0 Å². The van der Waals surface area contributed by atoms with E-state index in [1.54, 1.807) is 0 Å². The molecule has 0 amide bonds. The minimum Gasteiger partial charge on any atom is -0.494 e. The minimum absolute atomic E-state index is 0.136. The van der Waals surface area contributed by atoms with Crippen LogP contribution < -0.4 is 15.6 Å². The maximum Gasteiger partial charge on any atom is 0.258 e. The molecule has 3 heterocycles. The Balaban J connectivity index is 1.68. The van der Waals surface area contributed by atoms with Gasteiger partial charge in [-0.15, -0.1) is 0 Å². The fourth-order valence-corrected chi connectivity index (χ4v) is 4.53. The molecule has 2 N–H and O–H groups in total. The number of H-pyrrole nitrogens is 1. The molecule has 5 rings (SSSR count). The molecule has 0 bridgehead atoms. The van der Waals surface area contributed by atoms with Gasteiger partial charge in [0, 0.05) is 23.1 Å². The summed E-state index contributed by atoms with van der Waals surface area (Å²) < 4.78 is 7.73. The van der Waals surface area contributed by atoms with Gasteiger partial charge in [-0.2, -0.15) is 0 Å². The van der Waals surface area contributed by atoms with Gasteiger partial charge in [0.1, 0.15) is 22.9 Å². The number of aromatic nitrogens is 3. The molecule has 3 aromatic heterocycles. The van der Waals surface area contributed by atoms with Gasteiger partial charge in [-0.05, 0) is 62.6 Å². The number of hydrogen-bond donors (Lipinski definition) is 2. The van der Waals surface area contributed by atoms with Crippen LogP contribution in [0.5, 0.6) is 5.75 Å². The molecule has 4 aromatic rings. The van der Waals surface area contributed by atoms with Gasteiger partial charge in [0.2, 0.25) is 0 Å². The largest absolute Gasteiger partial charge is 0.494 e. The smallest absolute Gasteiger partial charge is 0.258 e. The summed E-state index contributed by atoms with van der Waals surface area (Å²) in [6.07, 6.45) is 8.14. The molecule has 0 saturated heterocycles. The van der Waals surface area contributed by atoms with Crippen LogP contribution in [0.4, 0.5) is 5.82 Å². The Hall–Kier alpha value is -3.28.